The molecule has 148 valence electrons. The van der Waals surface area contributed by atoms with Crippen LogP contribution < -0.4 is 27.6 Å². The minimum absolute atomic E-state index is 0.0514. The smallest absolute Gasteiger partial charge is 0.332 e. The molecule has 1 fully saturated rings. The number of piperidine rings is 1. The molecule has 1 atom stereocenters. The van der Waals surface area contributed by atoms with Crippen molar-refractivity contribution in [2.45, 2.75) is 25.4 Å². The third kappa shape index (κ3) is 2.88. The summed E-state index contributed by atoms with van der Waals surface area (Å²) < 4.78 is 4.39. The fourth-order valence-electron chi connectivity index (χ4n) is 3.87. The van der Waals surface area contributed by atoms with E-state index in [-0.39, 0.29) is 11.6 Å². The quantitative estimate of drug-likeness (QED) is 0.615. The molecule has 4 N–H and O–H groups in total. The van der Waals surface area contributed by atoms with Gasteiger partial charge in [-0.15, -0.1) is 0 Å². The summed E-state index contributed by atoms with van der Waals surface area (Å²) in [5.74, 6) is 0.645. The predicted molar refractivity (Wildman–Crippen MR) is 110 cm³/mol. The van der Waals surface area contributed by atoms with Crippen LogP contribution in [0.4, 0.5) is 11.6 Å². The average Bonchev–Trinajstić information content (AvgIpc) is 3.06. The molecule has 28 heavy (non-hydrogen) atoms. The van der Waals surface area contributed by atoms with E-state index in [0.717, 1.165) is 29.5 Å². The summed E-state index contributed by atoms with van der Waals surface area (Å²) in [4.78, 5) is 32.2. The summed E-state index contributed by atoms with van der Waals surface area (Å²) in [5, 5.41) is 0. The van der Waals surface area contributed by atoms with E-state index in [2.05, 4.69) is 4.90 Å². The van der Waals surface area contributed by atoms with Crippen molar-refractivity contribution >= 4 is 22.8 Å². The minimum Gasteiger partial charge on any atom is -0.398 e. The molecule has 3 aromatic rings. The number of hydrogen-bond donors (Lipinski definition) is 2. The van der Waals surface area contributed by atoms with Crippen LogP contribution in [0.2, 0.25) is 0 Å². The Morgan fingerprint density at radius 2 is 1.93 bits per heavy atom. The maximum absolute atomic E-state index is 13.0. The lowest BCUT2D eigenvalue weighted by Gasteiger charge is -2.32. The second kappa shape index (κ2) is 6.83. The number of rotatable bonds is 3. The number of fused-ring (bicyclic) bond motifs is 1. The molecule has 0 bridgehead atoms. The number of para-hydroxylation sites is 1. The molecular formula is C19H25N7O2. The van der Waals surface area contributed by atoms with Crippen molar-refractivity contribution < 1.29 is 0 Å². The summed E-state index contributed by atoms with van der Waals surface area (Å²) in [6.45, 7) is 1.84. The Balaban J connectivity index is 1.98. The van der Waals surface area contributed by atoms with E-state index in [1.54, 1.807) is 7.05 Å². The van der Waals surface area contributed by atoms with E-state index in [0.29, 0.717) is 35.9 Å². The molecule has 0 radical (unpaired) electrons. The van der Waals surface area contributed by atoms with Gasteiger partial charge in [0.25, 0.3) is 5.56 Å². The molecular weight excluding hydrogens is 358 g/mol. The summed E-state index contributed by atoms with van der Waals surface area (Å²) in [6, 6.07) is 7.60. The first-order valence-electron chi connectivity index (χ1n) is 9.38. The number of aryl methyl sites for hydroxylation is 1. The van der Waals surface area contributed by atoms with E-state index < -0.39 is 5.69 Å². The predicted octanol–water partition coefficient (Wildman–Crippen LogP) is -0.00830. The summed E-state index contributed by atoms with van der Waals surface area (Å²) >= 11 is 0. The zero-order valence-corrected chi connectivity index (χ0v) is 16.1. The van der Waals surface area contributed by atoms with Crippen molar-refractivity contribution in [3.63, 3.8) is 0 Å². The first-order valence-corrected chi connectivity index (χ1v) is 9.38. The highest BCUT2D eigenvalue weighted by atomic mass is 16.2. The number of nitrogens with zero attached hydrogens (tertiary/aromatic N) is 5. The van der Waals surface area contributed by atoms with Crippen molar-refractivity contribution in [3.8, 4) is 0 Å². The highest BCUT2D eigenvalue weighted by molar-refractivity contribution is 5.75. The van der Waals surface area contributed by atoms with Crippen LogP contribution >= 0.6 is 0 Å². The molecule has 0 amide bonds. The Bertz CT molecular complexity index is 1160. The van der Waals surface area contributed by atoms with E-state index in [4.69, 9.17) is 16.5 Å². The lowest BCUT2D eigenvalue weighted by Crippen LogP contribution is -2.44. The topological polar surface area (TPSA) is 117 Å². The Kier molecular flexibility index (Phi) is 4.46. The largest absolute Gasteiger partial charge is 0.398 e. The minimum atomic E-state index is -0.400. The monoisotopic (exact) mass is 383 g/mol. The third-order valence-electron chi connectivity index (χ3n) is 5.45. The van der Waals surface area contributed by atoms with Gasteiger partial charge < -0.3 is 16.4 Å². The van der Waals surface area contributed by atoms with Gasteiger partial charge in [-0.2, -0.15) is 4.98 Å². The van der Waals surface area contributed by atoms with Crippen LogP contribution in [0.25, 0.3) is 11.2 Å². The van der Waals surface area contributed by atoms with Crippen LogP contribution in [-0.2, 0) is 20.6 Å². The normalized spacial score (nSPS) is 17.4. The van der Waals surface area contributed by atoms with Crippen molar-refractivity contribution in [1.29, 1.82) is 0 Å². The molecule has 9 nitrogen and oxygen atoms in total. The number of benzene rings is 1. The zero-order valence-electron chi connectivity index (χ0n) is 16.1. The maximum Gasteiger partial charge on any atom is 0.332 e. The second-order valence-electron chi connectivity index (χ2n) is 7.42. The van der Waals surface area contributed by atoms with E-state index >= 15 is 0 Å². The summed E-state index contributed by atoms with van der Waals surface area (Å²) in [7, 11) is 3.11. The van der Waals surface area contributed by atoms with Gasteiger partial charge in [-0.3, -0.25) is 18.5 Å². The molecule has 0 unspecified atom stereocenters. The Morgan fingerprint density at radius 1 is 1.18 bits per heavy atom. The Morgan fingerprint density at radius 3 is 2.64 bits per heavy atom. The van der Waals surface area contributed by atoms with Crippen LogP contribution in [0, 0.1) is 0 Å². The number of hydrogen-bond acceptors (Lipinski definition) is 6. The van der Waals surface area contributed by atoms with Gasteiger partial charge >= 0.3 is 5.69 Å². The molecule has 2 aromatic heterocycles. The van der Waals surface area contributed by atoms with Gasteiger partial charge in [0, 0.05) is 38.9 Å². The maximum atomic E-state index is 13.0. The Hall–Kier alpha value is -3.07. The van der Waals surface area contributed by atoms with Crippen molar-refractivity contribution in [2.75, 3.05) is 23.7 Å². The van der Waals surface area contributed by atoms with Gasteiger partial charge in [-0.25, -0.2) is 4.79 Å². The van der Waals surface area contributed by atoms with E-state index in [1.807, 2.05) is 28.8 Å². The van der Waals surface area contributed by atoms with Crippen molar-refractivity contribution in [3.05, 3.63) is 50.7 Å². The average molecular weight is 383 g/mol. The van der Waals surface area contributed by atoms with Crippen LogP contribution in [-0.4, -0.2) is 37.8 Å². The number of anilines is 2. The first-order chi connectivity index (χ1) is 13.4. The molecule has 0 saturated carbocycles. The summed E-state index contributed by atoms with van der Waals surface area (Å²) in [6.07, 6.45) is 1.91. The number of imidazole rings is 1. The standard InChI is InChI=1S/C19H25N7O2/c1-23-16-15(17(27)24(2)19(23)28)26(10-12-6-3-4-8-14(12)21)18(22-16)25-9-5-7-13(20)11-25/h3-4,6,8,13H,5,7,9-11,20-21H2,1-2H3/t13-/m1/s1. The van der Waals surface area contributed by atoms with Gasteiger partial charge in [0.05, 0.1) is 6.54 Å². The molecule has 0 aliphatic carbocycles. The first kappa shape index (κ1) is 18.3. The molecule has 1 aromatic carbocycles. The van der Waals surface area contributed by atoms with E-state index in [1.165, 1.54) is 11.6 Å². The van der Waals surface area contributed by atoms with Crippen LogP contribution in [0.1, 0.15) is 18.4 Å². The van der Waals surface area contributed by atoms with Crippen molar-refractivity contribution in [1.82, 2.24) is 18.7 Å². The van der Waals surface area contributed by atoms with Crippen LogP contribution in [0.15, 0.2) is 33.9 Å². The number of aromatic nitrogens is 4. The number of nitrogens with two attached hydrogens (primary N) is 2. The van der Waals surface area contributed by atoms with Gasteiger partial charge in [0.2, 0.25) is 5.95 Å². The van der Waals surface area contributed by atoms with Gasteiger partial charge in [-0.1, -0.05) is 18.2 Å². The highest BCUT2D eigenvalue weighted by Crippen LogP contribution is 2.25. The molecule has 1 saturated heterocycles. The molecule has 4 rings (SSSR count). The molecule has 9 heteroatoms. The lowest BCUT2D eigenvalue weighted by molar-refractivity contribution is 0.495. The third-order valence-corrected chi connectivity index (χ3v) is 5.45. The zero-order chi connectivity index (χ0) is 20.0. The van der Waals surface area contributed by atoms with Crippen molar-refractivity contribution in [2.24, 2.45) is 19.8 Å². The fourth-order valence-corrected chi connectivity index (χ4v) is 3.87. The van der Waals surface area contributed by atoms with Crippen LogP contribution in [0.3, 0.4) is 0 Å². The van der Waals surface area contributed by atoms with Gasteiger partial charge in [-0.05, 0) is 24.5 Å². The molecule has 0 spiro atoms. The summed E-state index contributed by atoms with van der Waals surface area (Å²) in [5.41, 5.74) is 13.8. The van der Waals surface area contributed by atoms with E-state index in [9.17, 15) is 9.59 Å². The highest BCUT2D eigenvalue weighted by Gasteiger charge is 2.26. The molecule has 1 aliphatic heterocycles. The van der Waals surface area contributed by atoms with Crippen LogP contribution in [0.5, 0.6) is 0 Å². The number of nitrogen functional groups attached to an aromatic ring is 1. The molecule has 1 aliphatic rings. The van der Waals surface area contributed by atoms with Gasteiger partial charge in [0.15, 0.2) is 11.2 Å². The fraction of sp³-hybridized carbons (Fsp3) is 0.421. The van der Waals surface area contributed by atoms with Gasteiger partial charge in [0.1, 0.15) is 0 Å². The Labute approximate surface area is 161 Å². The second-order valence-corrected chi connectivity index (χ2v) is 7.42. The SMILES string of the molecule is Cn1c(=O)c2c(nc(N3CCC[C@@H](N)C3)n2Cc2ccccc2N)n(C)c1=O. The lowest BCUT2D eigenvalue weighted by atomic mass is 10.1. The molecule has 3 heterocycles.